The highest BCUT2D eigenvalue weighted by Gasteiger charge is 2.07. The van der Waals surface area contributed by atoms with Gasteiger partial charge < -0.3 is 4.90 Å². The Morgan fingerprint density at radius 3 is 2.87 bits per heavy atom. The summed E-state index contributed by atoms with van der Waals surface area (Å²) in [6.45, 7) is 0.779. The maximum atomic E-state index is 11.6. The molecule has 3 nitrogen and oxygen atoms in total. The summed E-state index contributed by atoms with van der Waals surface area (Å²) in [5.74, 6) is 0.205. The number of rotatable bonds is 5. The van der Waals surface area contributed by atoms with Crippen LogP contribution in [0.3, 0.4) is 0 Å². The highest BCUT2D eigenvalue weighted by molar-refractivity contribution is 6.31. The van der Waals surface area contributed by atoms with Crippen molar-refractivity contribution < 1.29 is 4.79 Å². The van der Waals surface area contributed by atoms with Crippen LogP contribution in [0.25, 0.3) is 0 Å². The van der Waals surface area contributed by atoms with Gasteiger partial charge in [0.15, 0.2) is 0 Å². The zero-order valence-electron chi connectivity index (χ0n) is 9.03. The molecule has 0 aromatic carbocycles. The summed E-state index contributed by atoms with van der Waals surface area (Å²) in [6.07, 6.45) is 4.18. The zero-order valence-corrected chi connectivity index (χ0v) is 9.79. The van der Waals surface area contributed by atoms with Crippen molar-refractivity contribution in [2.45, 2.75) is 12.8 Å². The van der Waals surface area contributed by atoms with E-state index in [1.165, 1.54) is 0 Å². The second kappa shape index (κ2) is 5.83. The van der Waals surface area contributed by atoms with Gasteiger partial charge in [-0.1, -0.05) is 11.6 Å². The van der Waals surface area contributed by atoms with Crippen LogP contribution in [0.1, 0.15) is 12.0 Å². The van der Waals surface area contributed by atoms with Crippen LogP contribution >= 0.6 is 11.6 Å². The van der Waals surface area contributed by atoms with E-state index in [-0.39, 0.29) is 5.78 Å². The third-order valence-electron chi connectivity index (χ3n) is 2.08. The van der Waals surface area contributed by atoms with Gasteiger partial charge in [0.1, 0.15) is 5.78 Å². The van der Waals surface area contributed by atoms with Gasteiger partial charge in [0, 0.05) is 31.8 Å². The van der Waals surface area contributed by atoms with Crippen molar-refractivity contribution in [1.29, 1.82) is 0 Å². The van der Waals surface area contributed by atoms with Crippen LogP contribution in [0.5, 0.6) is 0 Å². The second-order valence-corrected chi connectivity index (χ2v) is 4.14. The van der Waals surface area contributed by atoms with Crippen LogP contribution in [-0.4, -0.2) is 36.3 Å². The quantitative estimate of drug-likeness (QED) is 0.768. The third kappa shape index (κ3) is 4.40. The number of halogens is 1. The zero-order chi connectivity index (χ0) is 11.3. The molecule has 0 aliphatic carbocycles. The van der Waals surface area contributed by atoms with Gasteiger partial charge in [0.05, 0.1) is 5.02 Å². The number of carbonyl (C=O) groups is 1. The fraction of sp³-hybridized carbons (Fsp3) is 0.455. The van der Waals surface area contributed by atoms with Gasteiger partial charge in [-0.25, -0.2) is 0 Å². The molecule has 1 heterocycles. The first-order valence-electron chi connectivity index (χ1n) is 4.84. The molecule has 1 aromatic rings. The van der Waals surface area contributed by atoms with E-state index in [2.05, 4.69) is 4.98 Å². The third-order valence-corrected chi connectivity index (χ3v) is 2.42. The molecular weight excluding hydrogens is 212 g/mol. The van der Waals surface area contributed by atoms with Crippen molar-refractivity contribution in [2.24, 2.45) is 0 Å². The van der Waals surface area contributed by atoms with Gasteiger partial charge in [-0.3, -0.25) is 9.78 Å². The molecule has 82 valence electrons. The van der Waals surface area contributed by atoms with Crippen molar-refractivity contribution in [3.05, 3.63) is 29.0 Å². The number of hydrogen-bond donors (Lipinski definition) is 0. The van der Waals surface area contributed by atoms with E-state index < -0.39 is 0 Å². The summed E-state index contributed by atoms with van der Waals surface area (Å²) in [5, 5.41) is 0.565. The smallest absolute Gasteiger partial charge is 0.138 e. The SMILES string of the molecule is CN(C)CCC(=O)Cc1ccncc1Cl. The van der Waals surface area contributed by atoms with Gasteiger partial charge in [-0.2, -0.15) is 0 Å². The summed E-state index contributed by atoms with van der Waals surface area (Å²) in [7, 11) is 3.90. The van der Waals surface area contributed by atoms with Gasteiger partial charge >= 0.3 is 0 Å². The first-order valence-corrected chi connectivity index (χ1v) is 5.22. The molecule has 0 spiro atoms. The predicted octanol–water partition coefficient (Wildman–Crippen LogP) is 1.80. The Balaban J connectivity index is 2.48. The molecule has 0 saturated heterocycles. The van der Waals surface area contributed by atoms with Crippen LogP contribution in [0.15, 0.2) is 18.5 Å². The number of hydrogen-bond acceptors (Lipinski definition) is 3. The lowest BCUT2D eigenvalue weighted by atomic mass is 10.1. The minimum atomic E-state index is 0.205. The minimum Gasteiger partial charge on any atom is -0.309 e. The first-order chi connectivity index (χ1) is 7.09. The highest BCUT2D eigenvalue weighted by atomic mass is 35.5. The van der Waals surface area contributed by atoms with E-state index in [1.54, 1.807) is 18.5 Å². The lowest BCUT2D eigenvalue weighted by Gasteiger charge is -2.08. The minimum absolute atomic E-state index is 0.205. The number of pyridine rings is 1. The summed E-state index contributed by atoms with van der Waals surface area (Å²) in [5.41, 5.74) is 0.857. The van der Waals surface area contributed by atoms with Crippen LogP contribution in [0.4, 0.5) is 0 Å². The van der Waals surface area contributed by atoms with E-state index in [0.717, 1.165) is 12.1 Å². The number of carbonyl (C=O) groups excluding carboxylic acids is 1. The molecule has 0 fully saturated rings. The van der Waals surface area contributed by atoms with Crippen molar-refractivity contribution in [3.8, 4) is 0 Å². The molecule has 0 bridgehead atoms. The van der Waals surface area contributed by atoms with Crippen molar-refractivity contribution in [3.63, 3.8) is 0 Å². The highest BCUT2D eigenvalue weighted by Crippen LogP contribution is 2.14. The molecule has 4 heteroatoms. The van der Waals surface area contributed by atoms with Crippen molar-refractivity contribution in [1.82, 2.24) is 9.88 Å². The topological polar surface area (TPSA) is 33.2 Å². The first kappa shape index (κ1) is 12.1. The molecule has 0 saturated carbocycles. The van der Waals surface area contributed by atoms with Crippen LogP contribution in [0, 0.1) is 0 Å². The predicted molar refractivity (Wildman–Crippen MR) is 61.1 cm³/mol. The monoisotopic (exact) mass is 226 g/mol. The second-order valence-electron chi connectivity index (χ2n) is 3.74. The maximum Gasteiger partial charge on any atom is 0.138 e. The Labute approximate surface area is 95.1 Å². The Kier molecular flexibility index (Phi) is 4.72. The van der Waals surface area contributed by atoms with E-state index in [4.69, 9.17) is 11.6 Å². The van der Waals surface area contributed by atoms with Gasteiger partial charge in [0.25, 0.3) is 0 Å². The Hall–Kier alpha value is -0.930. The van der Waals surface area contributed by atoms with E-state index in [9.17, 15) is 4.79 Å². The van der Waals surface area contributed by atoms with E-state index in [0.29, 0.717) is 17.9 Å². The molecule has 0 atom stereocenters. The standard InChI is InChI=1S/C11H15ClN2O/c1-14(2)6-4-10(15)7-9-3-5-13-8-11(9)12/h3,5,8H,4,6-7H2,1-2H3. The normalized spacial score (nSPS) is 10.7. The average molecular weight is 227 g/mol. The van der Waals surface area contributed by atoms with Gasteiger partial charge in [0.2, 0.25) is 0 Å². The Morgan fingerprint density at radius 2 is 2.27 bits per heavy atom. The van der Waals surface area contributed by atoms with Crippen molar-refractivity contribution in [2.75, 3.05) is 20.6 Å². The molecule has 15 heavy (non-hydrogen) atoms. The molecule has 0 amide bonds. The summed E-state index contributed by atoms with van der Waals surface area (Å²) >= 11 is 5.91. The average Bonchev–Trinajstić information content (AvgIpc) is 2.18. The molecule has 1 rings (SSSR count). The molecule has 0 aliphatic heterocycles. The molecule has 0 unspecified atom stereocenters. The maximum absolute atomic E-state index is 11.6. The molecule has 1 aromatic heterocycles. The number of aromatic nitrogens is 1. The lowest BCUT2D eigenvalue weighted by Crippen LogP contribution is -2.17. The largest absolute Gasteiger partial charge is 0.309 e. The summed E-state index contributed by atoms with van der Waals surface area (Å²) in [6, 6.07) is 1.79. The lowest BCUT2D eigenvalue weighted by molar-refractivity contribution is -0.118. The fourth-order valence-electron chi connectivity index (χ4n) is 1.20. The van der Waals surface area contributed by atoms with Crippen molar-refractivity contribution >= 4 is 17.4 Å². The van der Waals surface area contributed by atoms with Gasteiger partial charge in [-0.15, -0.1) is 0 Å². The fourth-order valence-corrected chi connectivity index (χ4v) is 1.38. The molecular formula is C11H15ClN2O. The molecule has 0 N–H and O–H groups in total. The van der Waals surface area contributed by atoms with E-state index >= 15 is 0 Å². The van der Waals surface area contributed by atoms with E-state index in [1.807, 2.05) is 19.0 Å². The number of nitrogens with zero attached hydrogens (tertiary/aromatic N) is 2. The number of Topliss-reactive ketones (excluding diaryl/α,β-unsaturated/α-hetero) is 1. The number of ketones is 1. The summed E-state index contributed by atoms with van der Waals surface area (Å²) in [4.78, 5) is 17.4. The van der Waals surface area contributed by atoms with Crippen LogP contribution < -0.4 is 0 Å². The summed E-state index contributed by atoms with van der Waals surface area (Å²) < 4.78 is 0. The Bertz CT molecular complexity index is 339. The van der Waals surface area contributed by atoms with Gasteiger partial charge in [-0.05, 0) is 25.7 Å². The Morgan fingerprint density at radius 1 is 1.53 bits per heavy atom. The van der Waals surface area contributed by atoms with Crippen LogP contribution in [-0.2, 0) is 11.2 Å². The molecule has 0 radical (unpaired) electrons. The molecule has 0 aliphatic rings. The van der Waals surface area contributed by atoms with Crippen LogP contribution in [0.2, 0.25) is 5.02 Å².